The first kappa shape index (κ1) is 12.0. The molecule has 0 aliphatic rings. The Morgan fingerprint density at radius 2 is 2.33 bits per heavy atom. The van der Waals surface area contributed by atoms with Crippen LogP contribution < -0.4 is 11.1 Å². The molecule has 3 N–H and O–H groups in total. The van der Waals surface area contributed by atoms with Crippen molar-refractivity contribution in [3.05, 3.63) is 23.9 Å². The molecule has 0 amide bonds. The molecule has 0 fully saturated rings. The Morgan fingerprint density at radius 3 is 3.00 bits per heavy atom. The summed E-state index contributed by atoms with van der Waals surface area (Å²) in [6.07, 6.45) is 4.05. The lowest BCUT2D eigenvalue weighted by atomic mass is 10.0. The minimum atomic E-state index is 0.617. The summed E-state index contributed by atoms with van der Waals surface area (Å²) in [7, 11) is 0. The van der Waals surface area contributed by atoms with Crippen molar-refractivity contribution in [3.8, 4) is 0 Å². The highest BCUT2D eigenvalue weighted by Crippen LogP contribution is 2.10. The number of nitrogens with one attached hydrogen (secondary N) is 1. The van der Waals surface area contributed by atoms with Crippen LogP contribution in [-0.4, -0.2) is 18.1 Å². The third kappa shape index (κ3) is 4.79. The fourth-order valence-electron chi connectivity index (χ4n) is 1.56. The van der Waals surface area contributed by atoms with Crippen molar-refractivity contribution in [2.75, 3.05) is 18.8 Å². The fraction of sp³-hybridized carbons (Fsp3) is 0.583. The second-order valence-corrected chi connectivity index (χ2v) is 4.04. The van der Waals surface area contributed by atoms with Crippen molar-refractivity contribution in [3.63, 3.8) is 0 Å². The van der Waals surface area contributed by atoms with Gasteiger partial charge in [0.05, 0.1) is 0 Å². The molecule has 3 heteroatoms. The maximum atomic E-state index is 5.62. The van der Waals surface area contributed by atoms with Gasteiger partial charge in [-0.05, 0) is 49.5 Å². The van der Waals surface area contributed by atoms with E-state index in [2.05, 4.69) is 24.1 Å². The summed E-state index contributed by atoms with van der Waals surface area (Å²) >= 11 is 0. The minimum Gasteiger partial charge on any atom is -0.384 e. The largest absolute Gasteiger partial charge is 0.384 e. The van der Waals surface area contributed by atoms with E-state index < -0.39 is 0 Å². The second-order valence-electron chi connectivity index (χ2n) is 4.04. The molecule has 3 nitrogen and oxygen atoms in total. The lowest BCUT2D eigenvalue weighted by Crippen LogP contribution is -2.20. The van der Waals surface area contributed by atoms with Crippen molar-refractivity contribution in [1.29, 1.82) is 0 Å². The van der Waals surface area contributed by atoms with Gasteiger partial charge in [0.1, 0.15) is 5.82 Å². The zero-order valence-corrected chi connectivity index (χ0v) is 9.66. The normalized spacial score (nSPS) is 12.7. The van der Waals surface area contributed by atoms with Crippen LogP contribution in [0.25, 0.3) is 0 Å². The number of aryl methyl sites for hydroxylation is 1. The van der Waals surface area contributed by atoms with Crippen LogP contribution in [0.5, 0.6) is 0 Å². The molecule has 0 bridgehead atoms. The number of nitrogens with zero attached hydrogens (tertiary/aromatic N) is 1. The lowest BCUT2D eigenvalue weighted by molar-refractivity contribution is 0.489. The standard InChI is InChI=1S/C12H21N3/c1-3-14-9-10(2)4-5-11-6-7-15-12(13)8-11/h6-8,10,14H,3-5,9H2,1-2H3,(H2,13,15). The second kappa shape index (κ2) is 6.40. The molecule has 84 valence electrons. The van der Waals surface area contributed by atoms with E-state index in [9.17, 15) is 0 Å². The lowest BCUT2D eigenvalue weighted by Gasteiger charge is -2.11. The number of pyridine rings is 1. The van der Waals surface area contributed by atoms with Gasteiger partial charge in [-0.1, -0.05) is 13.8 Å². The number of rotatable bonds is 6. The molecule has 1 aromatic rings. The van der Waals surface area contributed by atoms with Crippen molar-refractivity contribution in [1.82, 2.24) is 10.3 Å². The number of hydrogen-bond donors (Lipinski definition) is 2. The topological polar surface area (TPSA) is 50.9 Å². The summed E-state index contributed by atoms with van der Waals surface area (Å²) in [5.41, 5.74) is 6.90. The van der Waals surface area contributed by atoms with Gasteiger partial charge in [0.15, 0.2) is 0 Å². The molecule has 1 atom stereocenters. The summed E-state index contributed by atoms with van der Waals surface area (Å²) in [5.74, 6) is 1.33. The first-order valence-corrected chi connectivity index (χ1v) is 5.63. The molecule has 0 aliphatic carbocycles. The molecule has 15 heavy (non-hydrogen) atoms. The van der Waals surface area contributed by atoms with E-state index >= 15 is 0 Å². The third-order valence-corrected chi connectivity index (χ3v) is 2.51. The maximum absolute atomic E-state index is 5.62. The first-order valence-electron chi connectivity index (χ1n) is 5.63. The molecule has 0 aliphatic heterocycles. The molecule has 1 heterocycles. The van der Waals surface area contributed by atoms with E-state index in [0.29, 0.717) is 11.7 Å². The monoisotopic (exact) mass is 207 g/mol. The highest BCUT2D eigenvalue weighted by atomic mass is 14.8. The summed E-state index contributed by atoms with van der Waals surface area (Å²) < 4.78 is 0. The SMILES string of the molecule is CCNCC(C)CCc1ccnc(N)c1. The van der Waals surface area contributed by atoms with Crippen LogP contribution in [0, 0.1) is 5.92 Å². The molecule has 0 radical (unpaired) electrons. The van der Waals surface area contributed by atoms with Crippen molar-refractivity contribution >= 4 is 5.82 Å². The molecule has 0 spiro atoms. The average Bonchev–Trinajstić information content (AvgIpc) is 2.23. The van der Waals surface area contributed by atoms with Crippen LogP contribution in [-0.2, 0) is 6.42 Å². The summed E-state index contributed by atoms with van der Waals surface area (Å²) in [6.45, 7) is 6.55. The van der Waals surface area contributed by atoms with Crippen LogP contribution >= 0.6 is 0 Å². The molecular weight excluding hydrogens is 186 g/mol. The number of nitrogens with two attached hydrogens (primary N) is 1. The van der Waals surface area contributed by atoms with Crippen LogP contribution in [0.15, 0.2) is 18.3 Å². The number of anilines is 1. The highest BCUT2D eigenvalue weighted by molar-refractivity contribution is 5.31. The average molecular weight is 207 g/mol. The zero-order valence-electron chi connectivity index (χ0n) is 9.66. The zero-order chi connectivity index (χ0) is 11.1. The van der Waals surface area contributed by atoms with Crippen molar-refractivity contribution < 1.29 is 0 Å². The molecule has 0 aromatic carbocycles. The van der Waals surface area contributed by atoms with Crippen LogP contribution in [0.1, 0.15) is 25.8 Å². The van der Waals surface area contributed by atoms with Crippen LogP contribution in [0.2, 0.25) is 0 Å². The van der Waals surface area contributed by atoms with E-state index in [1.807, 2.05) is 12.1 Å². The predicted octanol–water partition coefficient (Wildman–Crippen LogP) is 1.84. The quantitative estimate of drug-likeness (QED) is 0.748. The van der Waals surface area contributed by atoms with Gasteiger partial charge in [-0.2, -0.15) is 0 Å². The smallest absolute Gasteiger partial charge is 0.123 e. The Balaban J connectivity index is 2.30. The van der Waals surface area contributed by atoms with Gasteiger partial charge in [0.25, 0.3) is 0 Å². The molecule has 1 unspecified atom stereocenters. The Hall–Kier alpha value is -1.09. The molecule has 1 aromatic heterocycles. The Labute approximate surface area is 92.1 Å². The van der Waals surface area contributed by atoms with E-state index in [1.165, 1.54) is 12.0 Å². The predicted molar refractivity (Wildman–Crippen MR) is 64.7 cm³/mol. The van der Waals surface area contributed by atoms with Gasteiger partial charge in [-0.25, -0.2) is 4.98 Å². The van der Waals surface area contributed by atoms with E-state index in [-0.39, 0.29) is 0 Å². The van der Waals surface area contributed by atoms with E-state index in [4.69, 9.17) is 5.73 Å². The Bertz CT molecular complexity index is 286. The molecule has 0 saturated carbocycles. The van der Waals surface area contributed by atoms with Gasteiger partial charge >= 0.3 is 0 Å². The van der Waals surface area contributed by atoms with E-state index in [1.54, 1.807) is 6.20 Å². The van der Waals surface area contributed by atoms with Gasteiger partial charge in [0.2, 0.25) is 0 Å². The van der Waals surface area contributed by atoms with E-state index in [0.717, 1.165) is 19.5 Å². The van der Waals surface area contributed by atoms with Crippen molar-refractivity contribution in [2.45, 2.75) is 26.7 Å². The molecule has 0 saturated heterocycles. The fourth-order valence-corrected chi connectivity index (χ4v) is 1.56. The Morgan fingerprint density at radius 1 is 1.53 bits per heavy atom. The molecular formula is C12H21N3. The number of aromatic nitrogens is 1. The Kier molecular flexibility index (Phi) is 5.12. The van der Waals surface area contributed by atoms with Gasteiger partial charge < -0.3 is 11.1 Å². The van der Waals surface area contributed by atoms with Crippen molar-refractivity contribution in [2.24, 2.45) is 5.92 Å². The first-order chi connectivity index (χ1) is 7.22. The van der Waals surface area contributed by atoms with Crippen LogP contribution in [0.4, 0.5) is 5.82 Å². The molecule has 1 rings (SSSR count). The number of hydrogen-bond acceptors (Lipinski definition) is 3. The van der Waals surface area contributed by atoms with Gasteiger partial charge in [-0.3, -0.25) is 0 Å². The highest BCUT2D eigenvalue weighted by Gasteiger charge is 2.02. The summed E-state index contributed by atoms with van der Waals surface area (Å²) in [4.78, 5) is 3.98. The summed E-state index contributed by atoms with van der Waals surface area (Å²) in [5, 5.41) is 3.36. The summed E-state index contributed by atoms with van der Waals surface area (Å²) in [6, 6.07) is 4.00. The minimum absolute atomic E-state index is 0.617. The maximum Gasteiger partial charge on any atom is 0.123 e. The van der Waals surface area contributed by atoms with Crippen LogP contribution in [0.3, 0.4) is 0 Å². The number of nitrogen functional groups attached to an aromatic ring is 1. The van der Waals surface area contributed by atoms with Gasteiger partial charge in [-0.15, -0.1) is 0 Å². The third-order valence-electron chi connectivity index (χ3n) is 2.51. The van der Waals surface area contributed by atoms with Gasteiger partial charge in [0, 0.05) is 6.20 Å².